The van der Waals surface area contributed by atoms with E-state index in [1.54, 1.807) is 6.92 Å². The topological polar surface area (TPSA) is 49.4 Å². The second kappa shape index (κ2) is 14.4. The molecular weight excluding hydrogens is 547 g/mol. The highest BCUT2D eigenvalue weighted by Crippen LogP contribution is 2.49. The highest BCUT2D eigenvalue weighted by molar-refractivity contribution is 5.87. The van der Waals surface area contributed by atoms with Crippen LogP contribution in [0.1, 0.15) is 39.0 Å². The van der Waals surface area contributed by atoms with Crippen molar-refractivity contribution in [1.82, 2.24) is 10.2 Å². The summed E-state index contributed by atoms with van der Waals surface area (Å²) >= 11 is 0. The Bertz CT molecular complexity index is 712. The molecule has 17 heteroatoms. The lowest BCUT2D eigenvalue weighted by Gasteiger charge is -2.29. The third-order valence-corrected chi connectivity index (χ3v) is 4.59. The summed E-state index contributed by atoms with van der Waals surface area (Å²) in [4.78, 5) is 23.1. The van der Waals surface area contributed by atoms with Crippen molar-refractivity contribution >= 4 is 11.8 Å². The molecule has 0 heterocycles. The Hall–Kier alpha value is -2.49. The second-order valence-electron chi connectivity index (χ2n) is 7.31. The minimum Gasteiger partial charge on any atom is -0.339 e. The fourth-order valence-corrected chi connectivity index (χ4v) is 2.57. The minimum absolute atomic E-state index is 0.0116. The van der Waals surface area contributed by atoms with Crippen LogP contribution in [0.15, 0.2) is 25.3 Å². The van der Waals surface area contributed by atoms with Crippen molar-refractivity contribution in [3.63, 3.8) is 0 Å². The fourth-order valence-electron chi connectivity index (χ4n) is 2.57. The van der Waals surface area contributed by atoms with Gasteiger partial charge in [0, 0.05) is 13.1 Å². The van der Waals surface area contributed by atoms with E-state index in [4.69, 9.17) is 0 Å². The van der Waals surface area contributed by atoms with Gasteiger partial charge in [0.15, 0.2) is 0 Å². The van der Waals surface area contributed by atoms with Gasteiger partial charge >= 0.3 is 24.7 Å². The molecular formula is C20H25F13N2O2. The average Bonchev–Trinajstić information content (AvgIpc) is 2.73. The quantitative estimate of drug-likeness (QED) is 0.173. The van der Waals surface area contributed by atoms with Crippen molar-refractivity contribution in [1.29, 1.82) is 0 Å². The van der Waals surface area contributed by atoms with E-state index in [2.05, 4.69) is 13.2 Å². The Morgan fingerprint density at radius 1 is 0.757 bits per heavy atom. The van der Waals surface area contributed by atoms with Gasteiger partial charge < -0.3 is 10.2 Å². The number of likely N-dealkylation sites (N-methyl/N-ethyl adjacent to an activating group) is 1. The molecule has 0 atom stereocenters. The van der Waals surface area contributed by atoms with E-state index < -0.39 is 55.2 Å². The summed E-state index contributed by atoms with van der Waals surface area (Å²) in [5.41, 5.74) is -5.17. The van der Waals surface area contributed by atoms with Gasteiger partial charge in [-0.15, -0.1) is 0 Å². The lowest BCUT2D eigenvalue weighted by molar-refractivity contribution is -0.343. The molecule has 0 aliphatic rings. The molecule has 0 fully saturated rings. The van der Waals surface area contributed by atoms with Crippen LogP contribution in [0.25, 0.3) is 0 Å². The molecule has 218 valence electrons. The Balaban J connectivity index is 0. The standard InChI is InChI=1S/C14H20F7NO.C6H5F6NO/c1-3-11(23)22(4-2)10-8-6-5-7-9-12(15,13(16,17)18)14(19,20)21;1-2-3(14)13-4(5(7,8)9)6(10,11)12/h3H,1,4-10H2,2H3;2,4H,1H2,(H,13,14). The number of halogens is 13. The number of carbonyl (C=O) groups excluding carboxylic acids is 2. The predicted octanol–water partition coefficient (Wildman–Crippen LogP) is 6.59. The van der Waals surface area contributed by atoms with E-state index >= 15 is 0 Å². The van der Waals surface area contributed by atoms with Crippen LogP contribution in [0, 0.1) is 0 Å². The molecule has 0 aromatic carbocycles. The van der Waals surface area contributed by atoms with Crippen LogP contribution in [0.3, 0.4) is 0 Å². The van der Waals surface area contributed by atoms with Crippen molar-refractivity contribution < 1.29 is 66.7 Å². The van der Waals surface area contributed by atoms with Crippen molar-refractivity contribution in [3.05, 3.63) is 25.3 Å². The van der Waals surface area contributed by atoms with Crippen LogP contribution >= 0.6 is 0 Å². The summed E-state index contributed by atoms with van der Waals surface area (Å²) < 4.78 is 158. The molecule has 1 N–H and O–H groups in total. The van der Waals surface area contributed by atoms with E-state index in [0.29, 0.717) is 32.0 Å². The summed E-state index contributed by atoms with van der Waals surface area (Å²) in [5.74, 6) is -1.84. The number of rotatable bonds is 11. The van der Waals surface area contributed by atoms with Gasteiger partial charge in [-0.1, -0.05) is 26.0 Å². The Morgan fingerprint density at radius 2 is 1.19 bits per heavy atom. The van der Waals surface area contributed by atoms with E-state index in [1.807, 2.05) is 0 Å². The van der Waals surface area contributed by atoms with Crippen LogP contribution in [0.4, 0.5) is 57.1 Å². The lowest BCUT2D eigenvalue weighted by atomic mass is 9.96. The Morgan fingerprint density at radius 3 is 1.51 bits per heavy atom. The average molecular weight is 572 g/mol. The van der Waals surface area contributed by atoms with Crippen LogP contribution in [0.2, 0.25) is 0 Å². The monoisotopic (exact) mass is 572 g/mol. The maximum atomic E-state index is 13.3. The van der Waals surface area contributed by atoms with E-state index in [9.17, 15) is 66.7 Å². The summed E-state index contributed by atoms with van der Waals surface area (Å²) in [6.45, 7) is 8.51. The number of hydrogen-bond donors (Lipinski definition) is 1. The van der Waals surface area contributed by atoms with Crippen molar-refractivity contribution in [2.45, 2.75) is 75.4 Å². The molecule has 0 aromatic heterocycles. The zero-order chi connectivity index (χ0) is 29.9. The second-order valence-corrected chi connectivity index (χ2v) is 7.31. The third kappa shape index (κ3) is 12.5. The Labute approximate surface area is 203 Å². The molecule has 0 saturated heterocycles. The van der Waals surface area contributed by atoms with E-state index in [0.717, 1.165) is 11.4 Å². The number of amides is 2. The minimum atomic E-state index is -5.99. The zero-order valence-corrected chi connectivity index (χ0v) is 19.3. The van der Waals surface area contributed by atoms with Crippen molar-refractivity contribution in [2.75, 3.05) is 13.1 Å². The number of nitrogens with zero attached hydrogens (tertiary/aromatic N) is 1. The zero-order valence-electron chi connectivity index (χ0n) is 19.3. The summed E-state index contributed by atoms with van der Waals surface area (Å²) in [5, 5.41) is 0.740. The molecule has 2 amide bonds. The largest absolute Gasteiger partial charge is 0.431 e. The van der Waals surface area contributed by atoms with E-state index in [-0.39, 0.29) is 12.3 Å². The van der Waals surface area contributed by atoms with Gasteiger partial charge in [-0.25, -0.2) is 4.39 Å². The van der Waals surface area contributed by atoms with Gasteiger partial charge in [0.25, 0.3) is 5.67 Å². The highest BCUT2D eigenvalue weighted by Gasteiger charge is 2.71. The van der Waals surface area contributed by atoms with Crippen molar-refractivity contribution in [3.8, 4) is 0 Å². The maximum Gasteiger partial charge on any atom is 0.431 e. The molecule has 0 aliphatic carbocycles. The maximum absolute atomic E-state index is 13.3. The van der Waals surface area contributed by atoms with Gasteiger partial charge in [0.05, 0.1) is 0 Å². The number of hydrogen-bond acceptors (Lipinski definition) is 2. The van der Waals surface area contributed by atoms with Crippen LogP contribution in [-0.4, -0.2) is 66.2 Å². The SMILES string of the molecule is C=CC(=O)N(CC)CCCCCCC(F)(C(F)(F)F)C(F)(F)F.C=CC(=O)NC(C(F)(F)F)C(F)(F)F. The van der Waals surface area contributed by atoms with Crippen molar-refractivity contribution in [2.24, 2.45) is 0 Å². The third-order valence-electron chi connectivity index (χ3n) is 4.59. The van der Waals surface area contributed by atoms with Gasteiger partial charge in [-0.3, -0.25) is 9.59 Å². The lowest BCUT2D eigenvalue weighted by Crippen LogP contribution is -2.54. The molecule has 0 aromatic rings. The highest BCUT2D eigenvalue weighted by atomic mass is 19.4. The summed E-state index contributed by atoms with van der Waals surface area (Å²) in [7, 11) is 0. The van der Waals surface area contributed by atoms with Gasteiger partial charge in [0.2, 0.25) is 17.9 Å². The number of unbranched alkanes of at least 4 members (excludes halogenated alkanes) is 3. The molecule has 0 radical (unpaired) electrons. The molecule has 0 aliphatic heterocycles. The molecule has 37 heavy (non-hydrogen) atoms. The smallest absolute Gasteiger partial charge is 0.339 e. The van der Waals surface area contributed by atoms with Crippen LogP contribution < -0.4 is 5.32 Å². The predicted molar refractivity (Wildman–Crippen MR) is 106 cm³/mol. The first-order valence-corrected chi connectivity index (χ1v) is 10.3. The molecule has 0 rings (SSSR count). The van der Waals surface area contributed by atoms with Gasteiger partial charge in [0.1, 0.15) is 0 Å². The number of carbonyl (C=O) groups is 2. The molecule has 0 bridgehead atoms. The van der Waals surface area contributed by atoms with Gasteiger partial charge in [-0.2, -0.15) is 52.7 Å². The molecule has 4 nitrogen and oxygen atoms in total. The first-order chi connectivity index (χ1) is 16.5. The summed E-state index contributed by atoms with van der Waals surface area (Å²) in [6.07, 6.45) is -23.2. The van der Waals surface area contributed by atoms with Crippen LogP contribution in [-0.2, 0) is 9.59 Å². The van der Waals surface area contributed by atoms with E-state index in [1.165, 1.54) is 4.90 Å². The van der Waals surface area contributed by atoms with Crippen LogP contribution in [0.5, 0.6) is 0 Å². The summed E-state index contributed by atoms with van der Waals surface area (Å²) in [6, 6.07) is -3.86. The molecule has 0 saturated carbocycles. The number of nitrogens with one attached hydrogen (secondary N) is 1. The Kier molecular flexibility index (Phi) is 14.3. The first kappa shape index (κ1) is 36.7. The number of alkyl halides is 13. The normalized spacial score (nSPS) is 12.9. The first-order valence-electron chi connectivity index (χ1n) is 10.3. The fraction of sp³-hybridized carbons (Fsp3) is 0.700. The molecule has 0 unspecified atom stereocenters. The van der Waals surface area contributed by atoms with Gasteiger partial charge in [-0.05, 0) is 38.3 Å². The molecule has 0 spiro atoms.